The molecule has 25 heteroatoms. The first-order valence-electron chi connectivity index (χ1n) is 17.1. The molecular formula is C31H36F12O11S2. The molecule has 6 bridgehead atoms. The highest BCUT2D eigenvalue weighted by Crippen LogP contribution is 2.74. The van der Waals surface area contributed by atoms with E-state index in [1.54, 1.807) is 0 Å². The van der Waals surface area contributed by atoms with Crippen molar-refractivity contribution >= 4 is 38.0 Å². The number of Topliss-reactive ketones (excluding diaryl/α,β-unsaturated/α-hetero) is 1. The van der Waals surface area contributed by atoms with Gasteiger partial charge in [0.25, 0.3) is 20.2 Å². The first-order chi connectivity index (χ1) is 24.9. The Bertz CT molecular complexity index is 1830. The van der Waals surface area contributed by atoms with E-state index in [1.807, 2.05) is 0 Å². The molecule has 11 nitrogen and oxygen atoms in total. The summed E-state index contributed by atoms with van der Waals surface area (Å²) >= 11 is 0. The summed E-state index contributed by atoms with van der Waals surface area (Å²) in [6.07, 6.45) is -29.2. The molecule has 0 aliphatic heterocycles. The molecule has 6 aliphatic carbocycles. The van der Waals surface area contributed by atoms with Gasteiger partial charge in [0.1, 0.15) is 17.3 Å². The number of halogens is 12. The fraction of sp³-hybridized carbons (Fsp3) is 0.903. The normalized spacial score (nSPS) is 34.3. The Morgan fingerprint density at radius 3 is 1.70 bits per heavy atom. The maximum absolute atomic E-state index is 14.3. The van der Waals surface area contributed by atoms with Gasteiger partial charge in [-0.25, -0.2) is 0 Å². The molecule has 7 unspecified atom stereocenters. The van der Waals surface area contributed by atoms with Crippen molar-refractivity contribution in [1.29, 1.82) is 0 Å². The van der Waals surface area contributed by atoms with Crippen molar-refractivity contribution in [2.45, 2.75) is 120 Å². The molecule has 2 N–H and O–H groups in total. The minimum absolute atomic E-state index is 0.0271. The van der Waals surface area contributed by atoms with E-state index in [-0.39, 0.29) is 44.9 Å². The zero-order valence-corrected chi connectivity index (χ0v) is 30.7. The van der Waals surface area contributed by atoms with E-state index in [9.17, 15) is 83.9 Å². The predicted octanol–water partition coefficient (Wildman–Crippen LogP) is 6.71. The van der Waals surface area contributed by atoms with Crippen LogP contribution in [-0.2, 0) is 44.1 Å². The van der Waals surface area contributed by atoms with Crippen molar-refractivity contribution in [3.8, 4) is 0 Å². The number of ketones is 1. The van der Waals surface area contributed by atoms with E-state index >= 15 is 0 Å². The Kier molecular flexibility index (Phi) is 10.4. The van der Waals surface area contributed by atoms with Gasteiger partial charge in [-0.3, -0.25) is 23.5 Å². The monoisotopic (exact) mass is 876 g/mol. The highest BCUT2D eigenvalue weighted by molar-refractivity contribution is 7.86. The van der Waals surface area contributed by atoms with Gasteiger partial charge in [-0.1, -0.05) is 19.8 Å². The lowest BCUT2D eigenvalue weighted by Gasteiger charge is -2.68. The molecule has 0 radical (unpaired) electrons. The molecule has 6 rings (SSSR count). The second-order valence-corrected chi connectivity index (χ2v) is 19.8. The van der Waals surface area contributed by atoms with Crippen LogP contribution in [0.25, 0.3) is 0 Å². The van der Waals surface area contributed by atoms with Crippen LogP contribution in [0.5, 0.6) is 0 Å². The van der Waals surface area contributed by atoms with Crippen molar-refractivity contribution in [2.24, 2.45) is 39.4 Å². The summed E-state index contributed by atoms with van der Waals surface area (Å²) in [5.41, 5.74) is -18.4. The Morgan fingerprint density at radius 2 is 1.21 bits per heavy atom. The van der Waals surface area contributed by atoms with Crippen LogP contribution in [0.4, 0.5) is 52.7 Å². The second kappa shape index (κ2) is 13.0. The minimum Gasteiger partial charge on any atom is -0.438 e. The summed E-state index contributed by atoms with van der Waals surface area (Å²) in [4.78, 5) is 41.3. The highest BCUT2D eigenvalue weighted by atomic mass is 32.2. The van der Waals surface area contributed by atoms with E-state index in [4.69, 9.17) is 9.11 Å². The third-order valence-corrected chi connectivity index (χ3v) is 14.4. The lowest BCUT2D eigenvalue weighted by Crippen LogP contribution is -2.69. The van der Waals surface area contributed by atoms with Gasteiger partial charge in [0.05, 0.1) is 11.8 Å². The number of hydrogen-bond donors (Lipinski definition) is 2. The first-order valence-corrected chi connectivity index (χ1v) is 20.3. The van der Waals surface area contributed by atoms with Crippen LogP contribution < -0.4 is 0 Å². The van der Waals surface area contributed by atoms with Crippen LogP contribution in [0.1, 0.15) is 84.0 Å². The Morgan fingerprint density at radius 1 is 0.714 bits per heavy atom. The van der Waals surface area contributed by atoms with E-state index in [1.165, 1.54) is 6.92 Å². The highest BCUT2D eigenvalue weighted by Gasteiger charge is 2.79. The van der Waals surface area contributed by atoms with Gasteiger partial charge in [-0.15, -0.1) is 0 Å². The van der Waals surface area contributed by atoms with Crippen molar-refractivity contribution in [3.63, 3.8) is 0 Å². The van der Waals surface area contributed by atoms with Gasteiger partial charge in [-0.2, -0.15) is 69.5 Å². The number of esters is 2. The molecule has 0 aromatic rings. The van der Waals surface area contributed by atoms with Gasteiger partial charge in [-0.05, 0) is 80.5 Å². The topological polar surface area (TPSA) is 178 Å². The summed E-state index contributed by atoms with van der Waals surface area (Å²) < 4.78 is 241. The van der Waals surface area contributed by atoms with Gasteiger partial charge in [0.15, 0.2) is 0 Å². The van der Waals surface area contributed by atoms with Crippen molar-refractivity contribution in [2.75, 3.05) is 11.5 Å². The molecule has 322 valence electrons. The zero-order chi connectivity index (χ0) is 42.8. The molecule has 56 heavy (non-hydrogen) atoms. The van der Waals surface area contributed by atoms with Crippen LogP contribution in [0.15, 0.2) is 0 Å². The molecule has 0 saturated heterocycles. The Hall–Kier alpha value is -2.41. The quantitative estimate of drug-likeness (QED) is 0.136. The standard InChI is InChI=1S/C31H36F12O11S2/c1-22(6-16-3-2-4-23(7-16,12-22)11-19(44)53-26(28(32,33)34,29(35,36)37)14-55(47,48)49)25-9-17-5-18(20(25)45)10-24(8-17,13-25)21(46)54-27(30(38,39)40,31(41,42)43)15-56(50,51)52/h16-18H,2-15H2,1H3,(H,47,48,49)(H,50,51,52). The fourth-order valence-corrected chi connectivity index (χ4v) is 13.0. The van der Waals surface area contributed by atoms with Crippen LogP contribution >= 0.6 is 0 Å². The number of carbonyl (C=O) groups excluding carboxylic acids is 3. The van der Waals surface area contributed by atoms with Gasteiger partial charge >= 0.3 is 47.8 Å². The number of fused-ring (bicyclic) bond motifs is 2. The number of rotatable bonds is 10. The van der Waals surface area contributed by atoms with Crippen LogP contribution in [0.2, 0.25) is 0 Å². The van der Waals surface area contributed by atoms with Crippen molar-refractivity contribution in [1.82, 2.24) is 0 Å². The van der Waals surface area contributed by atoms with Crippen LogP contribution in [0.3, 0.4) is 0 Å². The SMILES string of the molecule is CC1(C23CC4CC(CC(C(=O)OC(CS(=O)(=O)O)(C(F)(F)F)C(F)(F)F)(C4)C2)C3=O)CC2CCCC(CC(=O)OC(CS(=O)(=O)O)(C(F)(F)F)C(F)(F)F)(C2)C1. The average Bonchev–Trinajstić information content (AvgIpc) is 2.94. The average molecular weight is 877 g/mol. The van der Waals surface area contributed by atoms with E-state index in [0.717, 1.165) is 0 Å². The van der Waals surface area contributed by atoms with Gasteiger partial charge in [0.2, 0.25) is 0 Å². The van der Waals surface area contributed by atoms with E-state index < -0.39 is 150 Å². The molecule has 0 heterocycles. The molecule has 7 atom stereocenters. The summed E-state index contributed by atoms with van der Waals surface area (Å²) in [6.45, 7) is 1.47. The zero-order valence-electron chi connectivity index (χ0n) is 29.1. The second-order valence-electron chi connectivity index (χ2n) is 16.9. The van der Waals surface area contributed by atoms with Crippen LogP contribution in [0, 0.1) is 39.4 Å². The minimum atomic E-state index is -6.64. The summed E-state index contributed by atoms with van der Waals surface area (Å²) in [6, 6.07) is 0. The molecule has 6 fully saturated rings. The summed E-state index contributed by atoms with van der Waals surface area (Å²) in [7, 11) is -12.2. The molecular weight excluding hydrogens is 840 g/mol. The molecule has 6 saturated carbocycles. The largest absolute Gasteiger partial charge is 0.438 e. The molecule has 6 aliphatic rings. The number of alkyl halides is 12. The lowest BCUT2D eigenvalue weighted by atomic mass is 9.35. The Labute approximate surface area is 311 Å². The summed E-state index contributed by atoms with van der Waals surface area (Å²) in [5, 5.41) is 0. The predicted molar refractivity (Wildman–Crippen MR) is 161 cm³/mol. The maximum atomic E-state index is 14.3. The summed E-state index contributed by atoms with van der Waals surface area (Å²) in [5.74, 6) is -13.5. The fourth-order valence-electron chi connectivity index (χ4n) is 11.2. The smallest absolute Gasteiger partial charge is 0.438 e. The van der Waals surface area contributed by atoms with Gasteiger partial charge in [0, 0.05) is 11.3 Å². The number of carbonyl (C=O) groups is 3. The molecule has 0 aromatic carbocycles. The number of hydrogen-bond acceptors (Lipinski definition) is 9. The van der Waals surface area contributed by atoms with Gasteiger partial charge < -0.3 is 9.47 Å². The van der Waals surface area contributed by atoms with Crippen LogP contribution in [-0.4, -0.2) is 91.1 Å². The third kappa shape index (κ3) is 7.40. The first kappa shape index (κ1) is 44.7. The number of ether oxygens (including phenoxy) is 2. The molecule has 0 aromatic heterocycles. The lowest BCUT2D eigenvalue weighted by molar-refractivity contribution is -0.364. The van der Waals surface area contributed by atoms with Crippen molar-refractivity contribution in [3.05, 3.63) is 0 Å². The van der Waals surface area contributed by atoms with E-state index in [0.29, 0.717) is 6.42 Å². The maximum Gasteiger partial charge on any atom is 0.438 e. The van der Waals surface area contributed by atoms with Crippen molar-refractivity contribution < 1.29 is 102 Å². The third-order valence-electron chi connectivity index (χ3n) is 12.9. The molecule has 0 spiro atoms. The Balaban J connectivity index is 1.53. The molecule has 0 amide bonds. The van der Waals surface area contributed by atoms with E-state index in [2.05, 4.69) is 9.47 Å².